The standard InChI is InChI=1S/C22H25N3O4/c1-14-8-6-7-9-16(14)19(21-23-10-11-25(21)2)24-22(26)15-12-17(27-3)20(29-5)18(13-15)28-4/h6-13,19H,1-5H3,(H,24,26). The predicted molar refractivity (Wildman–Crippen MR) is 110 cm³/mol. The molecule has 2 aromatic carbocycles. The zero-order valence-electron chi connectivity index (χ0n) is 17.2. The second-order valence-electron chi connectivity index (χ2n) is 6.57. The lowest BCUT2D eigenvalue weighted by molar-refractivity contribution is 0.0940. The summed E-state index contributed by atoms with van der Waals surface area (Å²) in [6, 6.07) is 10.8. The molecule has 0 bridgehead atoms. The molecule has 0 radical (unpaired) electrons. The fraction of sp³-hybridized carbons (Fsp3) is 0.273. The van der Waals surface area contributed by atoms with E-state index < -0.39 is 6.04 Å². The maximum absolute atomic E-state index is 13.2. The molecule has 1 N–H and O–H groups in total. The Hall–Kier alpha value is -3.48. The van der Waals surface area contributed by atoms with Crippen LogP contribution in [0.25, 0.3) is 0 Å². The Morgan fingerprint density at radius 2 is 1.72 bits per heavy atom. The molecule has 0 saturated carbocycles. The number of carbonyl (C=O) groups excluding carboxylic acids is 1. The molecule has 0 aliphatic rings. The molecular formula is C22H25N3O4. The molecule has 1 unspecified atom stereocenters. The number of benzene rings is 2. The Balaban J connectivity index is 2.02. The van der Waals surface area contributed by atoms with E-state index in [9.17, 15) is 4.79 Å². The number of hydrogen-bond acceptors (Lipinski definition) is 5. The highest BCUT2D eigenvalue weighted by Crippen LogP contribution is 2.38. The van der Waals surface area contributed by atoms with Crippen LogP contribution in [-0.2, 0) is 7.05 Å². The first-order chi connectivity index (χ1) is 14.0. The monoisotopic (exact) mass is 395 g/mol. The average Bonchev–Trinajstić information content (AvgIpc) is 3.16. The van der Waals surface area contributed by atoms with Crippen molar-refractivity contribution < 1.29 is 19.0 Å². The van der Waals surface area contributed by atoms with Gasteiger partial charge in [0.15, 0.2) is 11.5 Å². The highest BCUT2D eigenvalue weighted by molar-refractivity contribution is 5.96. The summed E-state index contributed by atoms with van der Waals surface area (Å²) >= 11 is 0. The minimum absolute atomic E-state index is 0.277. The van der Waals surface area contributed by atoms with Gasteiger partial charge < -0.3 is 24.1 Å². The fourth-order valence-electron chi connectivity index (χ4n) is 3.27. The van der Waals surface area contributed by atoms with E-state index in [-0.39, 0.29) is 5.91 Å². The van der Waals surface area contributed by atoms with Gasteiger partial charge in [0.05, 0.1) is 21.3 Å². The number of imidazole rings is 1. The van der Waals surface area contributed by atoms with E-state index in [0.29, 0.717) is 22.8 Å². The van der Waals surface area contributed by atoms with Gasteiger partial charge in [0, 0.05) is 25.0 Å². The van der Waals surface area contributed by atoms with Gasteiger partial charge >= 0.3 is 0 Å². The van der Waals surface area contributed by atoms with Gasteiger partial charge in [0.25, 0.3) is 5.91 Å². The van der Waals surface area contributed by atoms with Crippen LogP contribution in [0.3, 0.4) is 0 Å². The van der Waals surface area contributed by atoms with Crippen molar-refractivity contribution in [2.24, 2.45) is 7.05 Å². The van der Waals surface area contributed by atoms with Gasteiger partial charge in [-0.2, -0.15) is 0 Å². The molecule has 1 atom stereocenters. The highest BCUT2D eigenvalue weighted by atomic mass is 16.5. The number of amides is 1. The van der Waals surface area contributed by atoms with Gasteiger partial charge in [0.1, 0.15) is 11.9 Å². The van der Waals surface area contributed by atoms with Crippen molar-refractivity contribution in [2.45, 2.75) is 13.0 Å². The number of hydrogen-bond donors (Lipinski definition) is 1. The van der Waals surface area contributed by atoms with Crippen molar-refractivity contribution in [1.82, 2.24) is 14.9 Å². The Morgan fingerprint density at radius 1 is 1.07 bits per heavy atom. The third kappa shape index (κ3) is 4.03. The van der Waals surface area contributed by atoms with E-state index >= 15 is 0 Å². The Kier molecular flexibility index (Phi) is 6.07. The first-order valence-corrected chi connectivity index (χ1v) is 9.13. The van der Waals surface area contributed by atoms with Crippen molar-refractivity contribution in [3.63, 3.8) is 0 Å². The number of aryl methyl sites for hydroxylation is 2. The normalized spacial score (nSPS) is 11.6. The summed E-state index contributed by atoms with van der Waals surface area (Å²) in [5.74, 6) is 1.73. The molecular weight excluding hydrogens is 370 g/mol. The number of methoxy groups -OCH3 is 3. The van der Waals surface area contributed by atoms with Gasteiger partial charge in [0.2, 0.25) is 5.75 Å². The SMILES string of the molecule is COc1cc(C(=O)NC(c2ccccc2C)c2nccn2C)cc(OC)c1OC. The third-order valence-electron chi connectivity index (χ3n) is 4.82. The van der Waals surface area contributed by atoms with Crippen LogP contribution >= 0.6 is 0 Å². The summed E-state index contributed by atoms with van der Waals surface area (Å²) in [7, 11) is 6.46. The lowest BCUT2D eigenvalue weighted by atomic mass is 10.00. The lowest BCUT2D eigenvalue weighted by Gasteiger charge is -2.21. The molecule has 7 nitrogen and oxygen atoms in total. The number of nitrogens with one attached hydrogen (secondary N) is 1. The Labute approximate surface area is 170 Å². The van der Waals surface area contributed by atoms with Crippen molar-refractivity contribution >= 4 is 5.91 Å². The molecule has 7 heteroatoms. The number of aromatic nitrogens is 2. The number of ether oxygens (including phenoxy) is 3. The van der Waals surface area contributed by atoms with Crippen molar-refractivity contribution in [3.8, 4) is 17.2 Å². The molecule has 29 heavy (non-hydrogen) atoms. The Bertz CT molecular complexity index is 988. The van der Waals surface area contributed by atoms with Gasteiger partial charge in [-0.05, 0) is 30.2 Å². The second-order valence-corrected chi connectivity index (χ2v) is 6.57. The highest BCUT2D eigenvalue weighted by Gasteiger charge is 2.24. The van der Waals surface area contributed by atoms with E-state index in [0.717, 1.165) is 17.0 Å². The second kappa shape index (κ2) is 8.68. The summed E-state index contributed by atoms with van der Waals surface area (Å²) in [5, 5.41) is 3.10. The molecule has 0 aliphatic heterocycles. The van der Waals surface area contributed by atoms with Crippen LogP contribution in [0.1, 0.15) is 33.4 Å². The predicted octanol–water partition coefficient (Wildman–Crippen LogP) is 3.27. The number of nitrogens with zero attached hydrogens (tertiary/aromatic N) is 2. The Morgan fingerprint density at radius 3 is 2.24 bits per heavy atom. The van der Waals surface area contributed by atoms with E-state index in [1.165, 1.54) is 21.3 Å². The third-order valence-corrected chi connectivity index (χ3v) is 4.82. The van der Waals surface area contributed by atoms with E-state index in [2.05, 4.69) is 10.3 Å². The lowest BCUT2D eigenvalue weighted by Crippen LogP contribution is -2.31. The van der Waals surface area contributed by atoms with E-state index in [4.69, 9.17) is 14.2 Å². The molecule has 152 valence electrons. The minimum atomic E-state index is -0.414. The summed E-state index contributed by atoms with van der Waals surface area (Å²) in [4.78, 5) is 17.6. The van der Waals surface area contributed by atoms with Gasteiger partial charge in [-0.25, -0.2) is 4.98 Å². The van der Waals surface area contributed by atoms with Crippen LogP contribution in [0, 0.1) is 6.92 Å². The maximum atomic E-state index is 13.2. The molecule has 3 aromatic rings. The summed E-state index contributed by atoms with van der Waals surface area (Å²) in [5.41, 5.74) is 2.43. The van der Waals surface area contributed by atoms with Crippen LogP contribution in [0.2, 0.25) is 0 Å². The summed E-state index contributed by atoms with van der Waals surface area (Å²) in [6.07, 6.45) is 3.57. The van der Waals surface area contributed by atoms with Crippen molar-refractivity contribution in [1.29, 1.82) is 0 Å². The zero-order chi connectivity index (χ0) is 21.0. The van der Waals surface area contributed by atoms with Gasteiger partial charge in [-0.1, -0.05) is 24.3 Å². The topological polar surface area (TPSA) is 74.6 Å². The quantitative estimate of drug-likeness (QED) is 0.665. The summed E-state index contributed by atoms with van der Waals surface area (Å²) in [6.45, 7) is 2.01. The summed E-state index contributed by atoms with van der Waals surface area (Å²) < 4.78 is 18.0. The van der Waals surface area contributed by atoms with Crippen LogP contribution < -0.4 is 19.5 Å². The van der Waals surface area contributed by atoms with Crippen molar-refractivity contribution in [3.05, 3.63) is 71.3 Å². The zero-order valence-corrected chi connectivity index (χ0v) is 17.2. The van der Waals surface area contributed by atoms with Gasteiger partial charge in [-0.3, -0.25) is 4.79 Å². The maximum Gasteiger partial charge on any atom is 0.252 e. The molecule has 0 fully saturated rings. The van der Waals surface area contributed by atoms with Crippen LogP contribution in [0.15, 0.2) is 48.8 Å². The molecule has 1 heterocycles. The molecule has 1 amide bonds. The smallest absolute Gasteiger partial charge is 0.252 e. The average molecular weight is 395 g/mol. The molecule has 0 saturated heterocycles. The van der Waals surface area contributed by atoms with E-state index in [1.54, 1.807) is 18.3 Å². The first kappa shape index (κ1) is 20.3. The molecule has 1 aromatic heterocycles. The molecule has 3 rings (SSSR count). The fourth-order valence-corrected chi connectivity index (χ4v) is 3.27. The van der Waals surface area contributed by atoms with E-state index in [1.807, 2.05) is 49.0 Å². The van der Waals surface area contributed by atoms with Crippen molar-refractivity contribution in [2.75, 3.05) is 21.3 Å². The number of rotatable bonds is 7. The first-order valence-electron chi connectivity index (χ1n) is 9.13. The minimum Gasteiger partial charge on any atom is -0.493 e. The van der Waals surface area contributed by atoms with Gasteiger partial charge in [-0.15, -0.1) is 0 Å². The molecule has 0 aliphatic carbocycles. The van der Waals surface area contributed by atoms with Crippen LogP contribution in [-0.4, -0.2) is 36.8 Å². The largest absolute Gasteiger partial charge is 0.493 e. The van der Waals surface area contributed by atoms with Crippen LogP contribution in [0.5, 0.6) is 17.2 Å². The molecule has 0 spiro atoms. The number of carbonyl (C=O) groups is 1. The van der Waals surface area contributed by atoms with Crippen LogP contribution in [0.4, 0.5) is 0 Å².